The molecule has 2 fully saturated rings. The summed E-state index contributed by atoms with van der Waals surface area (Å²) in [5.41, 5.74) is 4.37. The summed E-state index contributed by atoms with van der Waals surface area (Å²) in [5, 5.41) is 33.8. The van der Waals surface area contributed by atoms with Gasteiger partial charge in [-0.05, 0) is 60.8 Å². The minimum absolute atomic E-state index is 0.274. The first-order chi connectivity index (χ1) is 21.8. The van der Waals surface area contributed by atoms with Crippen LogP contribution in [0.5, 0.6) is 0 Å². The second kappa shape index (κ2) is 13.2. The van der Waals surface area contributed by atoms with Gasteiger partial charge < -0.3 is 40.6 Å². The number of likely N-dealkylation sites (tertiary alicyclic amines) is 1. The van der Waals surface area contributed by atoms with Crippen molar-refractivity contribution in [1.29, 1.82) is 0 Å². The molecule has 1 unspecified atom stereocenters. The Labute approximate surface area is 258 Å². The summed E-state index contributed by atoms with van der Waals surface area (Å²) in [5.74, 6) is -2.92. The molecule has 1 atom stereocenters. The average molecular weight is 615 g/mol. The van der Waals surface area contributed by atoms with E-state index in [9.17, 15) is 14.7 Å². The van der Waals surface area contributed by atoms with E-state index in [1.807, 2.05) is 36.4 Å². The van der Waals surface area contributed by atoms with Crippen molar-refractivity contribution in [3.05, 3.63) is 78.0 Å². The quantitative estimate of drug-likeness (QED) is 0.126. The molecule has 0 spiro atoms. The topological polar surface area (TPSA) is 189 Å². The predicted molar refractivity (Wildman–Crippen MR) is 166 cm³/mol. The van der Waals surface area contributed by atoms with Crippen molar-refractivity contribution in [2.75, 3.05) is 49.6 Å². The summed E-state index contributed by atoms with van der Waals surface area (Å²) in [7, 11) is 0. The molecule has 234 valence electrons. The number of amides is 2. The van der Waals surface area contributed by atoms with Crippen molar-refractivity contribution in [1.82, 2.24) is 30.2 Å². The number of hydrogen-bond acceptors (Lipinski definition) is 11. The van der Waals surface area contributed by atoms with Gasteiger partial charge in [0.25, 0.3) is 17.6 Å². The van der Waals surface area contributed by atoms with Crippen molar-refractivity contribution < 1.29 is 29.6 Å². The number of rotatable bonds is 8. The fourth-order valence-corrected chi connectivity index (χ4v) is 5.66. The van der Waals surface area contributed by atoms with Gasteiger partial charge in [0.05, 0.1) is 18.6 Å². The van der Waals surface area contributed by atoms with Crippen molar-refractivity contribution in [2.24, 2.45) is 0 Å². The van der Waals surface area contributed by atoms with Gasteiger partial charge in [-0.15, -0.1) is 0 Å². The van der Waals surface area contributed by atoms with Gasteiger partial charge in [-0.25, -0.2) is 9.97 Å². The number of fused-ring (bicyclic) bond motifs is 1. The van der Waals surface area contributed by atoms with Gasteiger partial charge in [-0.3, -0.25) is 19.5 Å². The molecule has 0 saturated carbocycles. The fraction of sp³-hybridized carbons (Fsp3) is 0.323. The third-order valence-corrected chi connectivity index (χ3v) is 7.90. The first kappa shape index (κ1) is 29.8. The highest BCUT2D eigenvalue weighted by Crippen LogP contribution is 2.30. The van der Waals surface area contributed by atoms with Gasteiger partial charge in [-0.1, -0.05) is 12.1 Å². The van der Waals surface area contributed by atoms with Crippen LogP contribution < -0.4 is 15.5 Å². The first-order valence-corrected chi connectivity index (χ1v) is 14.7. The summed E-state index contributed by atoms with van der Waals surface area (Å²) >= 11 is 0. The number of pyridine rings is 1. The lowest BCUT2D eigenvalue weighted by Gasteiger charge is -2.33. The van der Waals surface area contributed by atoms with Crippen LogP contribution in [0.15, 0.2) is 66.7 Å². The summed E-state index contributed by atoms with van der Waals surface area (Å²) in [6, 6.07) is 12.9. The standard InChI is InChI=1S/C31H34N8O6/c40-26(31(43)44)30(42)36-22-2-1-9-38(17-22)16-19-7-8-32-25(14-19)29(41)35-21-5-3-20(4-6-21)24-15-23-27(37-24)33-18-34-28(23)39-10-12-45-13-11-39/h3-8,14-15,18,22,40,43-44H,1-2,9-13,16-17H2,(H,35,41)(H,36,42)(H,33,34,37). The van der Waals surface area contributed by atoms with Crippen LogP contribution in [0.3, 0.4) is 0 Å². The first-order valence-electron chi connectivity index (χ1n) is 14.7. The summed E-state index contributed by atoms with van der Waals surface area (Å²) in [6.45, 7) is 4.70. The van der Waals surface area contributed by atoms with Crippen LogP contribution in [0.2, 0.25) is 0 Å². The Morgan fingerprint density at radius 2 is 1.80 bits per heavy atom. The van der Waals surface area contributed by atoms with Gasteiger partial charge in [-0.2, -0.15) is 0 Å². The maximum Gasteiger partial charge on any atom is 0.324 e. The number of carbonyl (C=O) groups is 2. The van der Waals surface area contributed by atoms with Crippen LogP contribution in [0.1, 0.15) is 28.9 Å². The van der Waals surface area contributed by atoms with Crippen molar-refractivity contribution in [3.8, 4) is 11.3 Å². The van der Waals surface area contributed by atoms with E-state index in [0.717, 1.165) is 59.7 Å². The molecule has 0 bridgehead atoms. The maximum absolute atomic E-state index is 13.1. The molecular weight excluding hydrogens is 580 g/mol. The van der Waals surface area contributed by atoms with E-state index >= 15 is 0 Å². The number of aliphatic hydroxyl groups is 3. The molecule has 6 rings (SSSR count). The van der Waals surface area contributed by atoms with E-state index < -0.39 is 17.6 Å². The number of ether oxygens (including phenoxy) is 1. The van der Waals surface area contributed by atoms with Crippen LogP contribution in [-0.2, 0) is 16.1 Å². The highest BCUT2D eigenvalue weighted by molar-refractivity contribution is 6.03. The SMILES string of the molecule is O=C(NC1CCCN(Cc2ccnc(C(=O)Nc3ccc(-c4cc5c(N6CCOCC6)ncnc5[nH]4)cc3)c2)C1)C(O)=C(O)O. The number of aliphatic hydroxyl groups excluding tert-OH is 2. The van der Waals surface area contributed by atoms with Gasteiger partial charge >= 0.3 is 5.95 Å². The van der Waals surface area contributed by atoms with Gasteiger partial charge in [0.2, 0.25) is 0 Å². The number of anilines is 2. The number of nitrogens with one attached hydrogen (secondary N) is 3. The zero-order valence-electron chi connectivity index (χ0n) is 24.4. The van der Waals surface area contributed by atoms with Crippen molar-refractivity contribution in [2.45, 2.75) is 25.4 Å². The summed E-state index contributed by atoms with van der Waals surface area (Å²) in [4.78, 5) is 45.9. The average Bonchev–Trinajstić information content (AvgIpc) is 3.50. The molecule has 14 nitrogen and oxygen atoms in total. The Bertz CT molecular complexity index is 1710. The minimum atomic E-state index is -1.42. The smallest absolute Gasteiger partial charge is 0.324 e. The molecule has 5 heterocycles. The van der Waals surface area contributed by atoms with E-state index in [1.54, 1.807) is 18.6 Å². The van der Waals surface area contributed by atoms with Crippen LogP contribution >= 0.6 is 0 Å². The lowest BCUT2D eigenvalue weighted by molar-refractivity contribution is -0.121. The Balaban J connectivity index is 1.08. The van der Waals surface area contributed by atoms with E-state index in [-0.39, 0.29) is 17.6 Å². The number of aromatic nitrogens is 4. The van der Waals surface area contributed by atoms with Gasteiger partial charge in [0.15, 0.2) is 0 Å². The number of morpholine rings is 1. The molecule has 14 heteroatoms. The number of piperidine rings is 1. The van der Waals surface area contributed by atoms with Gasteiger partial charge in [0, 0.05) is 49.8 Å². The van der Waals surface area contributed by atoms with E-state index in [0.29, 0.717) is 38.4 Å². The fourth-order valence-electron chi connectivity index (χ4n) is 5.66. The normalized spacial score (nSPS) is 17.2. The maximum atomic E-state index is 13.1. The molecule has 2 aliphatic rings. The van der Waals surface area contributed by atoms with Crippen molar-refractivity contribution >= 4 is 34.4 Å². The Morgan fingerprint density at radius 3 is 2.58 bits per heavy atom. The minimum Gasteiger partial charge on any atom is -0.498 e. The van der Waals surface area contributed by atoms with Crippen LogP contribution in [-0.4, -0.2) is 97.4 Å². The number of carbonyl (C=O) groups excluding carboxylic acids is 2. The van der Waals surface area contributed by atoms with Crippen molar-refractivity contribution in [3.63, 3.8) is 0 Å². The highest BCUT2D eigenvalue weighted by Gasteiger charge is 2.24. The van der Waals surface area contributed by atoms with E-state index in [1.165, 1.54) is 0 Å². The lowest BCUT2D eigenvalue weighted by atomic mass is 10.0. The highest BCUT2D eigenvalue weighted by atomic mass is 16.5. The molecule has 0 radical (unpaired) electrons. The summed E-state index contributed by atoms with van der Waals surface area (Å²) in [6.07, 6.45) is 4.65. The second-order valence-electron chi connectivity index (χ2n) is 11.0. The zero-order chi connectivity index (χ0) is 31.3. The number of nitrogens with zero attached hydrogens (tertiary/aromatic N) is 5. The number of hydrogen-bond donors (Lipinski definition) is 6. The largest absolute Gasteiger partial charge is 0.498 e. The molecule has 45 heavy (non-hydrogen) atoms. The monoisotopic (exact) mass is 614 g/mol. The number of aromatic amines is 1. The third kappa shape index (κ3) is 6.97. The second-order valence-corrected chi connectivity index (χ2v) is 11.0. The number of H-pyrrole nitrogens is 1. The molecule has 6 N–H and O–H groups in total. The van der Waals surface area contributed by atoms with Crippen LogP contribution in [0, 0.1) is 0 Å². The molecule has 1 aromatic carbocycles. The van der Waals surface area contributed by atoms with Crippen LogP contribution in [0.25, 0.3) is 22.3 Å². The molecule has 2 amide bonds. The predicted octanol–water partition coefficient (Wildman–Crippen LogP) is 3.03. The molecular formula is C31H34N8O6. The van der Waals surface area contributed by atoms with Gasteiger partial charge in [0.1, 0.15) is 23.5 Å². The molecule has 3 aromatic heterocycles. The number of benzene rings is 1. The molecule has 4 aromatic rings. The zero-order valence-corrected chi connectivity index (χ0v) is 24.4. The molecule has 2 saturated heterocycles. The van der Waals surface area contributed by atoms with E-state index in [2.05, 4.69) is 40.4 Å². The van der Waals surface area contributed by atoms with Crippen LogP contribution in [0.4, 0.5) is 11.5 Å². The Morgan fingerprint density at radius 1 is 1.00 bits per heavy atom. The third-order valence-electron chi connectivity index (χ3n) is 7.90. The Hall–Kier alpha value is -5.21. The lowest BCUT2D eigenvalue weighted by Crippen LogP contribution is -2.47. The molecule has 0 aliphatic carbocycles. The van der Waals surface area contributed by atoms with E-state index in [4.69, 9.17) is 14.9 Å². The molecule has 2 aliphatic heterocycles. The Kier molecular flexibility index (Phi) is 8.75. The summed E-state index contributed by atoms with van der Waals surface area (Å²) < 4.78 is 5.48.